The van der Waals surface area contributed by atoms with Crippen LogP contribution in [0, 0.1) is 19.8 Å². The molecule has 2 amide bonds. The Morgan fingerprint density at radius 1 is 1.29 bits per heavy atom. The first-order valence-electron chi connectivity index (χ1n) is 8.34. The fourth-order valence-electron chi connectivity index (χ4n) is 3.04. The average Bonchev–Trinajstić information content (AvgIpc) is 3.17. The van der Waals surface area contributed by atoms with E-state index in [1.165, 1.54) is 0 Å². The van der Waals surface area contributed by atoms with Crippen LogP contribution < -0.4 is 16.0 Å². The van der Waals surface area contributed by atoms with Crippen molar-refractivity contribution in [3.05, 3.63) is 29.5 Å². The van der Waals surface area contributed by atoms with Crippen LogP contribution in [0.1, 0.15) is 24.2 Å². The molecule has 1 aromatic heterocycles. The Morgan fingerprint density at radius 2 is 2.12 bits per heavy atom. The molecule has 1 unspecified atom stereocenters. The van der Waals surface area contributed by atoms with E-state index in [1.54, 1.807) is 12.1 Å². The molecule has 2 heterocycles. The summed E-state index contributed by atoms with van der Waals surface area (Å²) in [5.41, 5.74) is 2.40. The Labute approximate surface area is 141 Å². The van der Waals surface area contributed by atoms with Crippen molar-refractivity contribution in [2.45, 2.75) is 26.7 Å². The van der Waals surface area contributed by atoms with E-state index >= 15 is 0 Å². The molecule has 1 aromatic carbocycles. The number of rotatable bonds is 4. The van der Waals surface area contributed by atoms with Crippen molar-refractivity contribution in [2.75, 3.05) is 25.0 Å². The Bertz CT molecular complexity index is 760. The molecule has 24 heavy (non-hydrogen) atoms. The number of hydrogen-bond donors (Lipinski definition) is 3. The molecule has 1 aliphatic heterocycles. The lowest BCUT2D eigenvalue weighted by molar-refractivity contribution is -0.136. The highest BCUT2D eigenvalue weighted by Gasteiger charge is 2.17. The number of hydrogen-bond acceptors (Lipinski definition) is 4. The van der Waals surface area contributed by atoms with E-state index in [-0.39, 0.29) is 0 Å². The van der Waals surface area contributed by atoms with Gasteiger partial charge in [0, 0.05) is 17.6 Å². The zero-order valence-corrected chi connectivity index (χ0v) is 14.1. The molecule has 1 atom stereocenters. The number of anilines is 1. The van der Waals surface area contributed by atoms with Crippen molar-refractivity contribution in [3.63, 3.8) is 0 Å². The first kappa shape index (κ1) is 16.5. The van der Waals surface area contributed by atoms with Gasteiger partial charge in [0.1, 0.15) is 11.3 Å². The van der Waals surface area contributed by atoms with Gasteiger partial charge in [-0.05, 0) is 69.5 Å². The average molecular weight is 329 g/mol. The van der Waals surface area contributed by atoms with Crippen molar-refractivity contribution >= 4 is 28.5 Å². The summed E-state index contributed by atoms with van der Waals surface area (Å²) in [4.78, 5) is 23.9. The Kier molecular flexibility index (Phi) is 4.85. The second-order valence-electron chi connectivity index (χ2n) is 6.35. The molecule has 6 nitrogen and oxygen atoms in total. The van der Waals surface area contributed by atoms with Crippen LogP contribution in [0.25, 0.3) is 11.0 Å². The SMILES string of the molecule is Cc1oc2ccc(NC(=O)C(=O)NCCC3CCNC3)cc2c1C. The lowest BCUT2D eigenvalue weighted by atomic mass is 10.1. The topological polar surface area (TPSA) is 83.4 Å². The first-order chi connectivity index (χ1) is 11.5. The summed E-state index contributed by atoms with van der Waals surface area (Å²) >= 11 is 0. The second kappa shape index (κ2) is 7.05. The van der Waals surface area contributed by atoms with Gasteiger partial charge in [0.15, 0.2) is 0 Å². The molecular formula is C18H23N3O3. The number of carbonyl (C=O) groups is 2. The largest absolute Gasteiger partial charge is 0.461 e. The summed E-state index contributed by atoms with van der Waals surface area (Å²) in [5.74, 6) is 0.202. The molecular weight excluding hydrogens is 306 g/mol. The fourth-order valence-corrected chi connectivity index (χ4v) is 3.04. The first-order valence-corrected chi connectivity index (χ1v) is 8.34. The zero-order valence-electron chi connectivity index (χ0n) is 14.1. The molecule has 2 aromatic rings. The van der Waals surface area contributed by atoms with Crippen LogP contribution in [-0.2, 0) is 9.59 Å². The Balaban J connectivity index is 1.55. The van der Waals surface area contributed by atoms with E-state index in [2.05, 4.69) is 16.0 Å². The Hall–Kier alpha value is -2.34. The number of carbonyl (C=O) groups excluding carboxylic acids is 2. The number of nitrogens with one attached hydrogen (secondary N) is 3. The lowest BCUT2D eigenvalue weighted by Gasteiger charge is -2.09. The predicted octanol–water partition coefficient (Wildman–Crippen LogP) is 2.10. The van der Waals surface area contributed by atoms with Crippen LogP contribution in [0.4, 0.5) is 5.69 Å². The maximum absolute atomic E-state index is 12.0. The van der Waals surface area contributed by atoms with Crippen molar-refractivity contribution in [3.8, 4) is 0 Å². The minimum absolute atomic E-state index is 0.525. The van der Waals surface area contributed by atoms with Crippen LogP contribution in [-0.4, -0.2) is 31.4 Å². The number of aryl methyl sites for hydroxylation is 2. The minimum Gasteiger partial charge on any atom is -0.461 e. The summed E-state index contributed by atoms with van der Waals surface area (Å²) in [6.45, 7) is 6.43. The maximum atomic E-state index is 12.0. The summed E-state index contributed by atoms with van der Waals surface area (Å²) in [5, 5.41) is 9.56. The Morgan fingerprint density at radius 3 is 2.88 bits per heavy atom. The second-order valence-corrected chi connectivity index (χ2v) is 6.35. The van der Waals surface area contributed by atoms with E-state index < -0.39 is 11.8 Å². The van der Waals surface area contributed by atoms with Gasteiger partial charge in [-0.25, -0.2) is 0 Å². The molecule has 1 fully saturated rings. The van der Waals surface area contributed by atoms with Gasteiger partial charge in [0.05, 0.1) is 0 Å². The highest BCUT2D eigenvalue weighted by molar-refractivity contribution is 6.39. The molecule has 1 saturated heterocycles. The van der Waals surface area contributed by atoms with Crippen molar-refractivity contribution in [2.24, 2.45) is 5.92 Å². The zero-order chi connectivity index (χ0) is 17.1. The van der Waals surface area contributed by atoms with Gasteiger partial charge in [0.2, 0.25) is 0 Å². The van der Waals surface area contributed by atoms with Crippen molar-refractivity contribution in [1.29, 1.82) is 0 Å². The van der Waals surface area contributed by atoms with Gasteiger partial charge in [-0.2, -0.15) is 0 Å². The van der Waals surface area contributed by atoms with Crippen LogP contribution in [0.15, 0.2) is 22.6 Å². The normalized spacial score (nSPS) is 17.2. The number of amides is 2. The number of fused-ring (bicyclic) bond motifs is 1. The standard InChI is InChI=1S/C18H23N3O3/c1-11-12(2)24-16-4-3-14(9-15(11)16)21-18(23)17(22)20-8-6-13-5-7-19-10-13/h3-4,9,13,19H,5-8,10H2,1-2H3,(H,20,22)(H,21,23). The smallest absolute Gasteiger partial charge is 0.313 e. The number of furan rings is 1. The molecule has 3 rings (SSSR count). The molecule has 0 bridgehead atoms. The third-order valence-electron chi connectivity index (χ3n) is 4.64. The van der Waals surface area contributed by atoms with Crippen molar-refractivity contribution < 1.29 is 14.0 Å². The van der Waals surface area contributed by atoms with Gasteiger partial charge in [-0.15, -0.1) is 0 Å². The van der Waals surface area contributed by atoms with Crippen LogP contribution >= 0.6 is 0 Å². The summed E-state index contributed by atoms with van der Waals surface area (Å²) < 4.78 is 5.61. The van der Waals surface area contributed by atoms with E-state index in [9.17, 15) is 9.59 Å². The summed E-state index contributed by atoms with van der Waals surface area (Å²) in [6, 6.07) is 5.37. The number of benzene rings is 1. The molecule has 128 valence electrons. The van der Waals surface area contributed by atoms with E-state index in [4.69, 9.17) is 4.42 Å². The third kappa shape index (κ3) is 3.59. The summed E-state index contributed by atoms with van der Waals surface area (Å²) in [7, 11) is 0. The highest BCUT2D eigenvalue weighted by atomic mass is 16.3. The monoisotopic (exact) mass is 329 g/mol. The predicted molar refractivity (Wildman–Crippen MR) is 92.9 cm³/mol. The van der Waals surface area contributed by atoms with Gasteiger partial charge in [-0.3, -0.25) is 9.59 Å². The minimum atomic E-state index is -0.642. The lowest BCUT2D eigenvalue weighted by Crippen LogP contribution is -2.36. The molecule has 6 heteroatoms. The van der Waals surface area contributed by atoms with Gasteiger partial charge in [-0.1, -0.05) is 0 Å². The van der Waals surface area contributed by atoms with Crippen LogP contribution in [0.2, 0.25) is 0 Å². The van der Waals surface area contributed by atoms with Gasteiger partial charge >= 0.3 is 11.8 Å². The van der Waals surface area contributed by atoms with Gasteiger partial charge < -0.3 is 20.4 Å². The maximum Gasteiger partial charge on any atom is 0.313 e. The quantitative estimate of drug-likeness (QED) is 0.750. The van der Waals surface area contributed by atoms with Crippen LogP contribution in [0.3, 0.4) is 0 Å². The molecule has 1 aliphatic rings. The van der Waals surface area contributed by atoms with Crippen LogP contribution in [0.5, 0.6) is 0 Å². The summed E-state index contributed by atoms with van der Waals surface area (Å²) in [6.07, 6.45) is 2.02. The molecule has 0 aliphatic carbocycles. The van der Waals surface area contributed by atoms with Gasteiger partial charge in [0.25, 0.3) is 0 Å². The third-order valence-corrected chi connectivity index (χ3v) is 4.64. The molecule has 0 radical (unpaired) electrons. The van der Waals surface area contributed by atoms with E-state index in [1.807, 2.05) is 19.9 Å². The molecule has 0 saturated carbocycles. The molecule has 0 spiro atoms. The fraction of sp³-hybridized carbons (Fsp3) is 0.444. The van der Waals surface area contributed by atoms with Crippen molar-refractivity contribution in [1.82, 2.24) is 10.6 Å². The molecule has 3 N–H and O–H groups in total. The highest BCUT2D eigenvalue weighted by Crippen LogP contribution is 2.27. The van der Waals surface area contributed by atoms with E-state index in [0.29, 0.717) is 18.2 Å². The van der Waals surface area contributed by atoms with E-state index in [0.717, 1.165) is 48.2 Å².